The van der Waals surface area contributed by atoms with Crippen LogP contribution in [0, 0.1) is 0 Å². The SMILES string of the molecule is C[C@@]1(C(=O)N2CC[N]CC2)CCN1. The summed E-state index contributed by atoms with van der Waals surface area (Å²) in [7, 11) is 0. The summed E-state index contributed by atoms with van der Waals surface area (Å²) in [5, 5.41) is 7.42. The van der Waals surface area contributed by atoms with Crippen LogP contribution >= 0.6 is 0 Å². The third kappa shape index (κ3) is 1.56. The maximum absolute atomic E-state index is 11.9. The lowest BCUT2D eigenvalue weighted by Crippen LogP contribution is -2.65. The molecule has 2 aliphatic rings. The highest BCUT2D eigenvalue weighted by molar-refractivity contribution is 5.87. The van der Waals surface area contributed by atoms with E-state index in [2.05, 4.69) is 10.6 Å². The van der Waals surface area contributed by atoms with Crippen LogP contribution in [0.15, 0.2) is 0 Å². The summed E-state index contributed by atoms with van der Waals surface area (Å²) in [6, 6.07) is 0. The molecular weight excluding hydrogens is 166 g/mol. The monoisotopic (exact) mass is 182 g/mol. The Hall–Kier alpha value is -0.610. The molecule has 1 radical (unpaired) electrons. The molecule has 0 aliphatic carbocycles. The Labute approximate surface area is 78.7 Å². The highest BCUT2D eigenvalue weighted by Crippen LogP contribution is 2.20. The van der Waals surface area contributed by atoms with Crippen LogP contribution in [0.1, 0.15) is 13.3 Å². The van der Waals surface area contributed by atoms with Gasteiger partial charge in [0.2, 0.25) is 5.91 Å². The van der Waals surface area contributed by atoms with E-state index in [1.807, 2.05) is 11.8 Å². The van der Waals surface area contributed by atoms with Crippen LogP contribution in [-0.2, 0) is 4.79 Å². The van der Waals surface area contributed by atoms with Crippen molar-refractivity contribution in [3.8, 4) is 0 Å². The van der Waals surface area contributed by atoms with Crippen molar-refractivity contribution in [2.24, 2.45) is 0 Å². The Bertz CT molecular complexity index is 207. The van der Waals surface area contributed by atoms with Gasteiger partial charge in [0.25, 0.3) is 0 Å². The maximum Gasteiger partial charge on any atom is 0.242 e. The van der Waals surface area contributed by atoms with Crippen LogP contribution in [0.4, 0.5) is 0 Å². The summed E-state index contributed by atoms with van der Waals surface area (Å²) >= 11 is 0. The zero-order valence-electron chi connectivity index (χ0n) is 8.05. The first-order chi connectivity index (χ1) is 6.22. The van der Waals surface area contributed by atoms with Gasteiger partial charge in [-0.25, -0.2) is 5.32 Å². The molecule has 0 aromatic carbocycles. The number of nitrogens with one attached hydrogen (secondary N) is 1. The molecule has 2 fully saturated rings. The number of carbonyl (C=O) groups excluding carboxylic acids is 1. The second kappa shape index (κ2) is 3.27. The van der Waals surface area contributed by atoms with Gasteiger partial charge in [-0.2, -0.15) is 0 Å². The van der Waals surface area contributed by atoms with E-state index < -0.39 is 0 Å². The molecule has 1 amide bonds. The van der Waals surface area contributed by atoms with Crippen LogP contribution in [0.5, 0.6) is 0 Å². The molecule has 2 saturated heterocycles. The van der Waals surface area contributed by atoms with Crippen molar-refractivity contribution >= 4 is 5.91 Å². The molecule has 0 bridgehead atoms. The van der Waals surface area contributed by atoms with Crippen LogP contribution < -0.4 is 10.6 Å². The molecule has 0 aromatic heterocycles. The molecule has 0 saturated carbocycles. The van der Waals surface area contributed by atoms with E-state index in [9.17, 15) is 4.79 Å². The van der Waals surface area contributed by atoms with E-state index in [1.165, 1.54) is 0 Å². The fraction of sp³-hybridized carbons (Fsp3) is 0.889. The second-order valence-electron chi connectivity index (χ2n) is 3.97. The molecule has 0 unspecified atom stereocenters. The van der Waals surface area contributed by atoms with Gasteiger partial charge in [0.05, 0.1) is 5.54 Å². The van der Waals surface area contributed by atoms with Gasteiger partial charge in [-0.15, -0.1) is 0 Å². The van der Waals surface area contributed by atoms with E-state index >= 15 is 0 Å². The fourth-order valence-corrected chi connectivity index (χ4v) is 1.84. The molecule has 1 N–H and O–H groups in total. The lowest BCUT2D eigenvalue weighted by molar-refractivity contribution is -0.141. The molecule has 0 spiro atoms. The standard InChI is InChI=1S/C9H16N3O/c1-9(2-3-11-9)8(13)12-6-4-10-5-7-12/h11H,2-7H2,1H3/t9-/m0/s1. The largest absolute Gasteiger partial charge is 0.338 e. The van der Waals surface area contributed by atoms with Crippen molar-refractivity contribution in [3.63, 3.8) is 0 Å². The van der Waals surface area contributed by atoms with Crippen LogP contribution in [-0.4, -0.2) is 49.1 Å². The summed E-state index contributed by atoms with van der Waals surface area (Å²) in [5.74, 6) is 0.258. The van der Waals surface area contributed by atoms with E-state index in [0.717, 1.165) is 39.1 Å². The number of nitrogens with zero attached hydrogens (tertiary/aromatic N) is 2. The number of hydrogen-bond acceptors (Lipinski definition) is 2. The van der Waals surface area contributed by atoms with Crippen molar-refractivity contribution in [2.75, 3.05) is 32.7 Å². The highest BCUT2D eigenvalue weighted by atomic mass is 16.2. The highest BCUT2D eigenvalue weighted by Gasteiger charge is 2.41. The number of amides is 1. The lowest BCUT2D eigenvalue weighted by Gasteiger charge is -2.42. The number of carbonyl (C=O) groups is 1. The normalized spacial score (nSPS) is 34.1. The minimum atomic E-state index is -0.267. The molecule has 73 valence electrons. The van der Waals surface area contributed by atoms with Crippen molar-refractivity contribution in [1.29, 1.82) is 0 Å². The third-order valence-corrected chi connectivity index (χ3v) is 2.96. The molecule has 0 aromatic rings. The summed E-state index contributed by atoms with van der Waals surface area (Å²) in [6.45, 7) is 6.18. The number of piperazine rings is 1. The predicted molar refractivity (Wildman–Crippen MR) is 49.5 cm³/mol. The fourth-order valence-electron chi connectivity index (χ4n) is 1.84. The van der Waals surface area contributed by atoms with Crippen molar-refractivity contribution < 1.29 is 4.79 Å². The van der Waals surface area contributed by atoms with Crippen molar-refractivity contribution in [3.05, 3.63) is 0 Å². The van der Waals surface area contributed by atoms with Gasteiger partial charge in [0.15, 0.2) is 0 Å². The van der Waals surface area contributed by atoms with Gasteiger partial charge in [-0.05, 0) is 19.9 Å². The quantitative estimate of drug-likeness (QED) is 0.576. The Morgan fingerprint density at radius 3 is 2.54 bits per heavy atom. The Kier molecular flexibility index (Phi) is 2.26. The molecule has 1 atom stereocenters. The van der Waals surface area contributed by atoms with Gasteiger partial charge in [0.1, 0.15) is 0 Å². The molecule has 2 heterocycles. The van der Waals surface area contributed by atoms with Gasteiger partial charge >= 0.3 is 0 Å². The minimum Gasteiger partial charge on any atom is -0.338 e. The van der Waals surface area contributed by atoms with Gasteiger partial charge in [0, 0.05) is 26.2 Å². The summed E-state index contributed by atoms with van der Waals surface area (Å²) < 4.78 is 0. The Balaban J connectivity index is 1.95. The number of rotatable bonds is 1. The second-order valence-corrected chi connectivity index (χ2v) is 3.97. The first-order valence-electron chi connectivity index (χ1n) is 4.90. The Morgan fingerprint density at radius 2 is 2.08 bits per heavy atom. The van der Waals surface area contributed by atoms with Crippen LogP contribution in [0.3, 0.4) is 0 Å². The average molecular weight is 182 g/mol. The van der Waals surface area contributed by atoms with Gasteiger partial charge < -0.3 is 10.2 Å². The zero-order chi connectivity index (χ0) is 9.31. The van der Waals surface area contributed by atoms with E-state index in [-0.39, 0.29) is 11.4 Å². The Morgan fingerprint density at radius 1 is 1.46 bits per heavy atom. The average Bonchev–Trinajstić information content (AvgIpc) is 2.14. The molecular formula is C9H16N3O. The first kappa shape index (κ1) is 8.97. The molecule has 2 aliphatic heterocycles. The topological polar surface area (TPSA) is 46.4 Å². The lowest BCUT2D eigenvalue weighted by atomic mass is 9.88. The van der Waals surface area contributed by atoms with Gasteiger partial charge in [-0.3, -0.25) is 4.79 Å². The smallest absolute Gasteiger partial charge is 0.242 e. The van der Waals surface area contributed by atoms with Crippen molar-refractivity contribution in [2.45, 2.75) is 18.9 Å². The molecule has 4 heteroatoms. The van der Waals surface area contributed by atoms with E-state index in [0.29, 0.717) is 0 Å². The predicted octanol–water partition coefficient (Wildman–Crippen LogP) is -0.815. The third-order valence-electron chi connectivity index (χ3n) is 2.96. The summed E-state index contributed by atoms with van der Waals surface area (Å²) in [5.41, 5.74) is -0.267. The van der Waals surface area contributed by atoms with Crippen molar-refractivity contribution in [1.82, 2.24) is 15.5 Å². The van der Waals surface area contributed by atoms with Gasteiger partial charge in [-0.1, -0.05) is 0 Å². The number of hydrogen-bond donors (Lipinski definition) is 1. The maximum atomic E-state index is 11.9. The first-order valence-corrected chi connectivity index (χ1v) is 4.90. The van der Waals surface area contributed by atoms with E-state index in [4.69, 9.17) is 0 Å². The zero-order valence-corrected chi connectivity index (χ0v) is 8.05. The van der Waals surface area contributed by atoms with E-state index in [1.54, 1.807) is 0 Å². The summed E-state index contributed by atoms with van der Waals surface area (Å²) in [4.78, 5) is 13.9. The molecule has 13 heavy (non-hydrogen) atoms. The molecule has 2 rings (SSSR count). The van der Waals surface area contributed by atoms with Crippen LogP contribution in [0.2, 0.25) is 0 Å². The minimum absolute atomic E-state index is 0.258. The van der Waals surface area contributed by atoms with Crippen LogP contribution in [0.25, 0.3) is 0 Å². The molecule has 4 nitrogen and oxygen atoms in total. The summed E-state index contributed by atoms with van der Waals surface area (Å²) in [6.07, 6.45) is 0.972.